The highest BCUT2D eigenvalue weighted by Crippen LogP contribution is 2.49. The van der Waals surface area contributed by atoms with E-state index in [9.17, 15) is 37.1 Å². The molecule has 3 saturated carbocycles. The number of nitrogens with one attached hydrogen (secondary N) is 2. The summed E-state index contributed by atoms with van der Waals surface area (Å²) in [4.78, 5) is 38.2. The van der Waals surface area contributed by atoms with E-state index in [1.54, 1.807) is 0 Å². The Morgan fingerprint density at radius 2 is 1.63 bits per heavy atom. The first kappa shape index (κ1) is 31.0. The molecule has 8 nitrogen and oxygen atoms in total. The van der Waals surface area contributed by atoms with Crippen LogP contribution in [0.4, 0.5) is 23.2 Å². The fourth-order valence-corrected chi connectivity index (χ4v) is 7.19. The SMILES string of the molecule is COc1cc(F)c(OC2CCC(C(=O)O)CC2)cc1C(=O)NC1C2CCC(C2)C1C(=O)Nc1ccc(SC(F)(F)F)cc1. The summed E-state index contributed by atoms with van der Waals surface area (Å²) in [5.41, 5.74) is -4.03. The molecular weight excluding hydrogens is 592 g/mol. The van der Waals surface area contributed by atoms with Crippen molar-refractivity contribution in [3.05, 3.63) is 47.8 Å². The molecular formula is C30H32F4N2O6S. The van der Waals surface area contributed by atoms with Crippen LogP contribution in [0.2, 0.25) is 0 Å². The number of halogens is 4. The molecule has 2 aromatic rings. The second-order valence-electron chi connectivity index (χ2n) is 11.3. The van der Waals surface area contributed by atoms with Crippen LogP contribution in [0.25, 0.3) is 0 Å². The van der Waals surface area contributed by atoms with E-state index in [4.69, 9.17) is 9.47 Å². The minimum absolute atomic E-state index is 0.0000912. The van der Waals surface area contributed by atoms with Gasteiger partial charge in [0.15, 0.2) is 11.6 Å². The molecule has 2 amide bonds. The van der Waals surface area contributed by atoms with Crippen LogP contribution in [-0.4, -0.2) is 47.7 Å². The van der Waals surface area contributed by atoms with Gasteiger partial charge in [0.25, 0.3) is 5.91 Å². The summed E-state index contributed by atoms with van der Waals surface area (Å²) in [5, 5.41) is 15.0. The Labute approximate surface area is 249 Å². The largest absolute Gasteiger partial charge is 0.496 e. The number of ether oxygens (including phenoxy) is 2. The van der Waals surface area contributed by atoms with Crippen LogP contribution in [0.15, 0.2) is 41.3 Å². The van der Waals surface area contributed by atoms with Crippen molar-refractivity contribution >= 4 is 35.2 Å². The number of rotatable bonds is 9. The molecule has 232 valence electrons. The van der Waals surface area contributed by atoms with E-state index in [2.05, 4.69) is 10.6 Å². The standard InChI is InChI=1S/C30H32F4N2O6S/c1-41-23-14-22(31)24(42-19-8-4-15(5-9-19)29(39)40)13-21(23)27(37)36-26-17-3-2-16(12-17)25(26)28(38)35-18-6-10-20(11-7-18)43-30(32,33)34/h6-7,10-11,13-17,19,25-26H,2-5,8-9,12H2,1H3,(H,35,38)(H,36,37)(H,39,40). The van der Waals surface area contributed by atoms with Gasteiger partial charge in [-0.15, -0.1) is 0 Å². The molecule has 0 saturated heterocycles. The van der Waals surface area contributed by atoms with E-state index in [-0.39, 0.29) is 51.5 Å². The van der Waals surface area contributed by atoms with Gasteiger partial charge in [0, 0.05) is 22.7 Å². The predicted octanol–water partition coefficient (Wildman–Crippen LogP) is 6.25. The van der Waals surface area contributed by atoms with E-state index < -0.39 is 47.2 Å². The fourth-order valence-electron chi connectivity index (χ4n) is 6.65. The van der Waals surface area contributed by atoms with E-state index in [1.165, 1.54) is 37.4 Å². The molecule has 5 rings (SSSR count). The van der Waals surface area contributed by atoms with Crippen LogP contribution >= 0.6 is 11.8 Å². The minimum atomic E-state index is -4.42. The lowest BCUT2D eigenvalue weighted by Crippen LogP contribution is -2.48. The maximum absolute atomic E-state index is 14.9. The van der Waals surface area contributed by atoms with Crippen molar-refractivity contribution in [2.24, 2.45) is 23.7 Å². The van der Waals surface area contributed by atoms with E-state index >= 15 is 0 Å². The van der Waals surface area contributed by atoms with Gasteiger partial charge in [-0.3, -0.25) is 14.4 Å². The van der Waals surface area contributed by atoms with Crippen LogP contribution < -0.4 is 20.1 Å². The molecule has 0 aliphatic heterocycles. The Kier molecular flexibility index (Phi) is 9.10. The van der Waals surface area contributed by atoms with Crippen LogP contribution in [0, 0.1) is 29.5 Å². The number of carbonyl (C=O) groups excluding carboxylic acids is 2. The number of hydrogen-bond acceptors (Lipinski definition) is 6. The molecule has 2 aromatic carbocycles. The number of hydrogen-bond donors (Lipinski definition) is 3. The first-order chi connectivity index (χ1) is 20.4. The smallest absolute Gasteiger partial charge is 0.446 e. The monoisotopic (exact) mass is 624 g/mol. The Morgan fingerprint density at radius 3 is 2.26 bits per heavy atom. The van der Waals surface area contributed by atoms with Crippen molar-refractivity contribution < 1.29 is 46.5 Å². The van der Waals surface area contributed by atoms with Crippen LogP contribution in [0.1, 0.15) is 55.3 Å². The summed E-state index contributed by atoms with van der Waals surface area (Å²) in [6.07, 6.45) is 3.71. The zero-order valence-electron chi connectivity index (χ0n) is 23.3. The number of amides is 2. The number of benzene rings is 2. The highest BCUT2D eigenvalue weighted by molar-refractivity contribution is 8.00. The normalized spacial score (nSPS) is 26.5. The van der Waals surface area contributed by atoms with Crippen LogP contribution in [0.3, 0.4) is 0 Å². The molecule has 3 aliphatic rings. The van der Waals surface area contributed by atoms with Gasteiger partial charge < -0.3 is 25.2 Å². The summed E-state index contributed by atoms with van der Waals surface area (Å²) in [7, 11) is 1.31. The number of thioether (sulfide) groups is 1. The van der Waals surface area contributed by atoms with Gasteiger partial charge in [-0.2, -0.15) is 13.2 Å². The van der Waals surface area contributed by atoms with Gasteiger partial charge in [0.1, 0.15) is 5.75 Å². The van der Waals surface area contributed by atoms with Crippen molar-refractivity contribution in [2.45, 2.75) is 67.5 Å². The maximum Gasteiger partial charge on any atom is 0.446 e. The first-order valence-electron chi connectivity index (χ1n) is 14.2. The lowest BCUT2D eigenvalue weighted by Gasteiger charge is -2.31. The molecule has 3 aliphatic carbocycles. The van der Waals surface area contributed by atoms with Gasteiger partial charge >= 0.3 is 11.5 Å². The highest BCUT2D eigenvalue weighted by atomic mass is 32.2. The van der Waals surface area contributed by atoms with Gasteiger partial charge in [-0.25, -0.2) is 4.39 Å². The van der Waals surface area contributed by atoms with E-state index in [0.29, 0.717) is 31.4 Å². The molecule has 4 atom stereocenters. The Hall–Kier alpha value is -3.48. The maximum atomic E-state index is 14.9. The van der Waals surface area contributed by atoms with Crippen molar-refractivity contribution in [1.82, 2.24) is 5.32 Å². The molecule has 3 N–H and O–H groups in total. The van der Waals surface area contributed by atoms with Gasteiger partial charge in [-0.05, 0) is 98.9 Å². The average Bonchev–Trinajstić information content (AvgIpc) is 3.56. The molecule has 0 aromatic heterocycles. The zero-order chi connectivity index (χ0) is 30.9. The lowest BCUT2D eigenvalue weighted by molar-refractivity contribution is -0.143. The topological polar surface area (TPSA) is 114 Å². The predicted molar refractivity (Wildman–Crippen MR) is 150 cm³/mol. The third-order valence-electron chi connectivity index (χ3n) is 8.69. The number of carbonyl (C=O) groups is 3. The number of carboxylic acids is 1. The molecule has 3 fully saturated rings. The second kappa shape index (κ2) is 12.6. The average molecular weight is 625 g/mol. The third kappa shape index (κ3) is 7.19. The van der Waals surface area contributed by atoms with Crippen molar-refractivity contribution in [3.8, 4) is 11.5 Å². The molecule has 13 heteroatoms. The molecule has 0 heterocycles. The number of aliphatic carboxylic acids is 1. The van der Waals surface area contributed by atoms with E-state index in [0.717, 1.165) is 25.3 Å². The lowest BCUT2D eigenvalue weighted by atomic mass is 9.83. The Morgan fingerprint density at radius 1 is 0.953 bits per heavy atom. The van der Waals surface area contributed by atoms with Gasteiger partial charge in [0.05, 0.1) is 30.6 Å². The third-order valence-corrected chi connectivity index (χ3v) is 9.43. The van der Waals surface area contributed by atoms with Crippen molar-refractivity contribution in [3.63, 3.8) is 0 Å². The van der Waals surface area contributed by atoms with Crippen LogP contribution in [-0.2, 0) is 9.59 Å². The van der Waals surface area contributed by atoms with Crippen LogP contribution in [0.5, 0.6) is 11.5 Å². The van der Waals surface area contributed by atoms with Crippen molar-refractivity contribution in [2.75, 3.05) is 12.4 Å². The minimum Gasteiger partial charge on any atom is -0.496 e. The molecule has 4 unspecified atom stereocenters. The quantitative estimate of drug-likeness (QED) is 0.223. The first-order valence-corrected chi connectivity index (χ1v) is 15.0. The number of fused-ring (bicyclic) bond motifs is 2. The fraction of sp³-hybridized carbons (Fsp3) is 0.500. The van der Waals surface area contributed by atoms with Gasteiger partial charge in [0.2, 0.25) is 5.91 Å². The number of methoxy groups -OCH3 is 1. The highest BCUT2D eigenvalue weighted by Gasteiger charge is 2.51. The molecule has 2 bridgehead atoms. The summed E-state index contributed by atoms with van der Waals surface area (Å²) in [6.45, 7) is 0. The summed E-state index contributed by atoms with van der Waals surface area (Å²) >= 11 is -0.240. The Balaban J connectivity index is 1.28. The number of carboxylic acid groups (broad SMARTS) is 1. The molecule has 0 spiro atoms. The van der Waals surface area contributed by atoms with Crippen molar-refractivity contribution in [1.29, 1.82) is 0 Å². The van der Waals surface area contributed by atoms with Gasteiger partial charge in [-0.1, -0.05) is 0 Å². The zero-order valence-corrected chi connectivity index (χ0v) is 24.1. The summed E-state index contributed by atoms with van der Waals surface area (Å²) in [6, 6.07) is 7.22. The Bertz CT molecular complexity index is 1360. The summed E-state index contributed by atoms with van der Waals surface area (Å²) in [5.74, 6) is -3.53. The molecule has 43 heavy (non-hydrogen) atoms. The number of alkyl halides is 3. The summed E-state index contributed by atoms with van der Waals surface area (Å²) < 4.78 is 64.0. The molecule has 0 radical (unpaired) electrons. The number of anilines is 1. The van der Waals surface area contributed by atoms with E-state index in [1.807, 2.05) is 0 Å². The second-order valence-corrected chi connectivity index (χ2v) is 12.5.